The van der Waals surface area contributed by atoms with E-state index in [0.717, 1.165) is 6.92 Å². The van der Waals surface area contributed by atoms with Crippen LogP contribution in [-0.4, -0.2) is 34.4 Å². The monoisotopic (exact) mass is 290 g/mol. The molecule has 8 heteroatoms. The minimum atomic E-state index is -2.11. The largest absolute Gasteiger partial charge is 0.479 e. The number of carboxylic acid groups (broad SMARTS) is 1. The molecule has 1 atom stereocenters. The van der Waals surface area contributed by atoms with Gasteiger partial charge in [0.25, 0.3) is 0 Å². The maximum atomic E-state index is 13.4. The van der Waals surface area contributed by atoms with E-state index in [4.69, 9.17) is 16.7 Å². The van der Waals surface area contributed by atoms with Crippen LogP contribution in [0.2, 0.25) is 5.02 Å². The predicted octanol–water partition coefficient (Wildman–Crippen LogP) is 1.44. The van der Waals surface area contributed by atoms with Gasteiger partial charge in [-0.15, -0.1) is 0 Å². The van der Waals surface area contributed by atoms with Crippen LogP contribution in [0.3, 0.4) is 0 Å². The van der Waals surface area contributed by atoms with E-state index < -0.39 is 30.0 Å². The lowest BCUT2D eigenvalue weighted by Gasteiger charge is -2.18. The number of hydrogen-bond donors (Lipinski definition) is 4. The fraction of sp³-hybridized carbons (Fsp3) is 0.273. The molecule has 0 aliphatic rings. The van der Waals surface area contributed by atoms with Gasteiger partial charge in [0.2, 0.25) is 0 Å². The average Bonchev–Trinajstić information content (AvgIpc) is 2.32. The summed E-state index contributed by atoms with van der Waals surface area (Å²) >= 11 is 5.52. The maximum absolute atomic E-state index is 13.4. The Morgan fingerprint density at radius 1 is 1.47 bits per heavy atom. The van der Waals surface area contributed by atoms with Crippen molar-refractivity contribution in [1.29, 1.82) is 0 Å². The van der Waals surface area contributed by atoms with Crippen molar-refractivity contribution < 1.29 is 24.2 Å². The summed E-state index contributed by atoms with van der Waals surface area (Å²) in [4.78, 5) is 22.0. The summed E-state index contributed by atoms with van der Waals surface area (Å²) < 4.78 is 13.4. The Hall–Kier alpha value is -1.86. The van der Waals surface area contributed by atoms with Gasteiger partial charge in [0.1, 0.15) is 0 Å². The van der Waals surface area contributed by atoms with Gasteiger partial charge in [0.05, 0.1) is 17.3 Å². The van der Waals surface area contributed by atoms with Crippen LogP contribution in [0.4, 0.5) is 14.9 Å². The maximum Gasteiger partial charge on any atom is 0.337 e. The summed E-state index contributed by atoms with van der Waals surface area (Å²) in [7, 11) is 0. The van der Waals surface area contributed by atoms with Crippen LogP contribution < -0.4 is 10.6 Å². The molecule has 19 heavy (non-hydrogen) atoms. The minimum absolute atomic E-state index is 0.153. The van der Waals surface area contributed by atoms with Crippen LogP contribution >= 0.6 is 11.6 Å². The summed E-state index contributed by atoms with van der Waals surface area (Å²) in [6.45, 7) is 0.492. The van der Waals surface area contributed by atoms with E-state index in [1.54, 1.807) is 0 Å². The van der Waals surface area contributed by atoms with Gasteiger partial charge in [-0.2, -0.15) is 0 Å². The average molecular weight is 291 g/mol. The number of benzene rings is 1. The van der Waals surface area contributed by atoms with Crippen molar-refractivity contribution in [3.8, 4) is 0 Å². The molecular formula is C11H12ClFN2O4. The van der Waals surface area contributed by atoms with Gasteiger partial charge in [-0.1, -0.05) is 17.7 Å². The van der Waals surface area contributed by atoms with E-state index in [-0.39, 0.29) is 10.7 Å². The summed E-state index contributed by atoms with van der Waals surface area (Å²) in [5, 5.41) is 22.1. The lowest BCUT2D eigenvalue weighted by Crippen LogP contribution is -2.47. The van der Waals surface area contributed by atoms with Crippen molar-refractivity contribution in [2.45, 2.75) is 12.5 Å². The van der Waals surface area contributed by atoms with Crippen molar-refractivity contribution in [2.24, 2.45) is 0 Å². The molecule has 1 unspecified atom stereocenters. The number of nitrogens with one attached hydrogen (secondary N) is 2. The number of anilines is 1. The Labute approximate surface area is 113 Å². The van der Waals surface area contributed by atoms with E-state index in [2.05, 4.69) is 10.6 Å². The second kappa shape index (κ2) is 5.85. The number of urea groups is 1. The van der Waals surface area contributed by atoms with Crippen LogP contribution in [-0.2, 0) is 4.79 Å². The van der Waals surface area contributed by atoms with Crippen molar-refractivity contribution in [3.05, 3.63) is 29.0 Å². The smallest absolute Gasteiger partial charge is 0.337 e. The minimum Gasteiger partial charge on any atom is -0.479 e. The molecule has 0 fully saturated rings. The standard InChI is InChI=1S/C11H12ClFN2O4/c1-11(19,9(16)17)5-14-10(18)15-7-4-2-3-6(12)8(7)13/h2-4,19H,5H2,1H3,(H,16,17)(H2,14,15,18). The SMILES string of the molecule is CC(O)(CNC(=O)Nc1cccc(Cl)c1F)C(=O)O. The van der Waals surface area contributed by atoms with E-state index >= 15 is 0 Å². The third kappa shape index (κ3) is 4.08. The number of carbonyl (C=O) groups excluding carboxylic acids is 1. The highest BCUT2D eigenvalue weighted by Gasteiger charge is 2.30. The molecule has 1 rings (SSSR count). The predicted molar refractivity (Wildman–Crippen MR) is 66.7 cm³/mol. The molecule has 1 aromatic carbocycles. The Balaban J connectivity index is 2.62. The number of halogens is 2. The van der Waals surface area contributed by atoms with Gasteiger partial charge in [0, 0.05) is 0 Å². The third-order valence-corrected chi connectivity index (χ3v) is 2.55. The molecule has 0 spiro atoms. The first-order valence-corrected chi connectivity index (χ1v) is 5.56. The Morgan fingerprint density at radius 3 is 2.68 bits per heavy atom. The van der Waals surface area contributed by atoms with Crippen molar-refractivity contribution in [2.75, 3.05) is 11.9 Å². The highest BCUT2D eigenvalue weighted by molar-refractivity contribution is 6.31. The molecule has 0 heterocycles. The lowest BCUT2D eigenvalue weighted by atomic mass is 10.1. The second-order valence-corrected chi connectivity index (χ2v) is 4.40. The van der Waals surface area contributed by atoms with Crippen LogP contribution in [0.15, 0.2) is 18.2 Å². The number of hydrogen-bond acceptors (Lipinski definition) is 3. The molecule has 104 valence electrons. The topological polar surface area (TPSA) is 98.7 Å². The fourth-order valence-electron chi connectivity index (χ4n) is 1.09. The normalized spacial score (nSPS) is 13.5. The molecule has 0 radical (unpaired) electrons. The quantitative estimate of drug-likeness (QED) is 0.674. The molecular weight excluding hydrogens is 279 g/mol. The number of carbonyl (C=O) groups is 2. The first-order chi connectivity index (χ1) is 8.74. The molecule has 0 aromatic heterocycles. The summed E-state index contributed by atoms with van der Waals surface area (Å²) in [5.41, 5.74) is -2.26. The number of rotatable bonds is 4. The molecule has 6 nitrogen and oxygen atoms in total. The molecule has 2 amide bonds. The molecule has 0 saturated carbocycles. The van der Waals surface area contributed by atoms with Gasteiger partial charge in [-0.3, -0.25) is 0 Å². The fourth-order valence-corrected chi connectivity index (χ4v) is 1.27. The number of amides is 2. The number of aliphatic carboxylic acids is 1. The van der Waals surface area contributed by atoms with Crippen molar-refractivity contribution in [3.63, 3.8) is 0 Å². The van der Waals surface area contributed by atoms with Gasteiger partial charge < -0.3 is 20.8 Å². The van der Waals surface area contributed by atoms with E-state index in [1.165, 1.54) is 18.2 Å². The van der Waals surface area contributed by atoms with Crippen LogP contribution in [0, 0.1) is 5.82 Å². The second-order valence-electron chi connectivity index (χ2n) is 3.99. The van der Waals surface area contributed by atoms with Crippen molar-refractivity contribution >= 4 is 29.3 Å². The lowest BCUT2D eigenvalue weighted by molar-refractivity contribution is -0.155. The number of aliphatic hydroxyl groups is 1. The summed E-state index contributed by atoms with van der Waals surface area (Å²) in [6, 6.07) is 3.18. The van der Waals surface area contributed by atoms with E-state index in [9.17, 15) is 19.1 Å². The van der Waals surface area contributed by atoms with Crippen LogP contribution in [0.5, 0.6) is 0 Å². The van der Waals surface area contributed by atoms with Gasteiger partial charge in [0.15, 0.2) is 11.4 Å². The Bertz CT molecular complexity index is 507. The third-order valence-electron chi connectivity index (χ3n) is 2.25. The zero-order valence-corrected chi connectivity index (χ0v) is 10.7. The van der Waals surface area contributed by atoms with Gasteiger partial charge in [-0.05, 0) is 19.1 Å². The molecule has 0 saturated heterocycles. The van der Waals surface area contributed by atoms with Gasteiger partial charge >= 0.3 is 12.0 Å². The highest BCUT2D eigenvalue weighted by Crippen LogP contribution is 2.21. The zero-order valence-electron chi connectivity index (χ0n) is 9.91. The molecule has 1 aromatic rings. The highest BCUT2D eigenvalue weighted by atomic mass is 35.5. The summed E-state index contributed by atoms with van der Waals surface area (Å²) in [6.07, 6.45) is 0. The first kappa shape index (κ1) is 15.2. The first-order valence-electron chi connectivity index (χ1n) is 5.18. The summed E-state index contributed by atoms with van der Waals surface area (Å²) in [5.74, 6) is -2.29. The molecule has 4 N–H and O–H groups in total. The number of carboxylic acids is 1. The molecule has 0 aliphatic carbocycles. The molecule has 0 aliphatic heterocycles. The Morgan fingerprint density at radius 2 is 2.11 bits per heavy atom. The van der Waals surface area contributed by atoms with Gasteiger partial charge in [-0.25, -0.2) is 14.0 Å². The van der Waals surface area contributed by atoms with Crippen LogP contribution in [0.25, 0.3) is 0 Å². The zero-order chi connectivity index (χ0) is 14.6. The van der Waals surface area contributed by atoms with Crippen LogP contribution in [0.1, 0.15) is 6.92 Å². The van der Waals surface area contributed by atoms with E-state index in [0.29, 0.717) is 0 Å². The van der Waals surface area contributed by atoms with Crippen molar-refractivity contribution in [1.82, 2.24) is 5.32 Å². The Kier molecular flexibility index (Phi) is 4.68. The molecule has 0 bridgehead atoms. The van der Waals surface area contributed by atoms with E-state index in [1.807, 2.05) is 0 Å².